The Morgan fingerprint density at radius 3 is 2.58 bits per heavy atom. The average Bonchev–Trinajstić information content (AvgIpc) is 2.74. The smallest absolute Gasteiger partial charge is 0.191 e. The van der Waals surface area contributed by atoms with Gasteiger partial charge in [0.2, 0.25) is 0 Å². The third-order valence-electron chi connectivity index (χ3n) is 5.31. The van der Waals surface area contributed by atoms with Crippen molar-refractivity contribution in [2.24, 2.45) is 4.99 Å². The standard InChI is InChI=1S/C23H41N5O2.HI/c1-5-24-23(25-10-6-7-11-28-14-12-27(3)13-15-28)26-19-21-9-8-20(2)18-22(21)30-17-16-29-4;/h8-9,18H,5-7,10-17,19H2,1-4H3,(H2,24,25,26);1H. The largest absolute Gasteiger partial charge is 0.491 e. The fourth-order valence-corrected chi connectivity index (χ4v) is 3.41. The van der Waals surface area contributed by atoms with E-state index in [2.05, 4.69) is 59.5 Å². The predicted octanol–water partition coefficient (Wildman–Crippen LogP) is 2.72. The first-order valence-corrected chi connectivity index (χ1v) is 11.3. The van der Waals surface area contributed by atoms with Crippen LogP contribution < -0.4 is 15.4 Å². The molecule has 1 aliphatic heterocycles. The van der Waals surface area contributed by atoms with E-state index in [0.29, 0.717) is 19.8 Å². The zero-order valence-corrected chi connectivity index (χ0v) is 22.1. The highest BCUT2D eigenvalue weighted by molar-refractivity contribution is 14.0. The number of hydrogen-bond donors (Lipinski definition) is 2. The molecule has 1 aromatic carbocycles. The van der Waals surface area contributed by atoms with E-state index < -0.39 is 0 Å². The zero-order valence-electron chi connectivity index (χ0n) is 19.8. The van der Waals surface area contributed by atoms with Crippen LogP contribution in [-0.4, -0.2) is 88.9 Å². The summed E-state index contributed by atoms with van der Waals surface area (Å²) in [6, 6.07) is 6.27. The Morgan fingerprint density at radius 1 is 1.10 bits per heavy atom. The molecule has 0 amide bonds. The molecule has 1 saturated heterocycles. The van der Waals surface area contributed by atoms with E-state index in [4.69, 9.17) is 14.5 Å². The van der Waals surface area contributed by atoms with Crippen molar-refractivity contribution in [3.63, 3.8) is 0 Å². The van der Waals surface area contributed by atoms with Gasteiger partial charge in [-0.3, -0.25) is 0 Å². The van der Waals surface area contributed by atoms with Crippen molar-refractivity contribution in [1.82, 2.24) is 20.4 Å². The monoisotopic (exact) mass is 547 g/mol. The third kappa shape index (κ3) is 11.4. The van der Waals surface area contributed by atoms with Gasteiger partial charge in [-0.25, -0.2) is 4.99 Å². The molecule has 7 nitrogen and oxygen atoms in total. The highest BCUT2D eigenvalue weighted by atomic mass is 127. The van der Waals surface area contributed by atoms with E-state index in [9.17, 15) is 0 Å². The molecule has 0 bridgehead atoms. The predicted molar refractivity (Wildman–Crippen MR) is 140 cm³/mol. The van der Waals surface area contributed by atoms with Crippen LogP contribution in [0.3, 0.4) is 0 Å². The van der Waals surface area contributed by atoms with E-state index in [-0.39, 0.29) is 24.0 Å². The van der Waals surface area contributed by atoms with Gasteiger partial charge in [0, 0.05) is 51.9 Å². The van der Waals surface area contributed by atoms with Crippen LogP contribution in [-0.2, 0) is 11.3 Å². The average molecular weight is 548 g/mol. The Kier molecular flexibility index (Phi) is 14.9. The summed E-state index contributed by atoms with van der Waals surface area (Å²) in [4.78, 5) is 9.74. The first-order valence-electron chi connectivity index (χ1n) is 11.3. The molecule has 2 rings (SSSR count). The molecule has 2 N–H and O–H groups in total. The van der Waals surface area contributed by atoms with Crippen molar-refractivity contribution in [3.05, 3.63) is 29.3 Å². The normalized spacial score (nSPS) is 15.4. The van der Waals surface area contributed by atoms with Gasteiger partial charge in [0.05, 0.1) is 13.2 Å². The molecule has 0 aromatic heterocycles. The lowest BCUT2D eigenvalue weighted by Gasteiger charge is -2.32. The third-order valence-corrected chi connectivity index (χ3v) is 5.31. The number of nitrogens with zero attached hydrogens (tertiary/aromatic N) is 3. The summed E-state index contributed by atoms with van der Waals surface area (Å²) in [7, 11) is 3.89. The Balaban J connectivity index is 0.00000480. The molecule has 0 saturated carbocycles. The van der Waals surface area contributed by atoms with Gasteiger partial charge in [0.25, 0.3) is 0 Å². The van der Waals surface area contributed by atoms with Crippen LogP contribution in [0.25, 0.3) is 0 Å². The summed E-state index contributed by atoms with van der Waals surface area (Å²) >= 11 is 0. The van der Waals surface area contributed by atoms with Crippen molar-refractivity contribution >= 4 is 29.9 Å². The number of aliphatic imine (C=N–C) groups is 1. The SMILES string of the molecule is CCNC(=NCc1ccc(C)cc1OCCOC)NCCCCN1CCN(C)CC1.I. The summed E-state index contributed by atoms with van der Waals surface area (Å²) < 4.78 is 11.0. The Bertz CT molecular complexity index is 636. The van der Waals surface area contributed by atoms with Crippen molar-refractivity contribution in [3.8, 4) is 5.75 Å². The lowest BCUT2D eigenvalue weighted by atomic mass is 10.1. The fraction of sp³-hybridized carbons (Fsp3) is 0.696. The van der Waals surface area contributed by atoms with E-state index >= 15 is 0 Å². The number of hydrogen-bond acceptors (Lipinski definition) is 5. The minimum atomic E-state index is 0. The lowest BCUT2D eigenvalue weighted by molar-refractivity contribution is 0.145. The molecule has 8 heteroatoms. The topological polar surface area (TPSA) is 61.4 Å². The second-order valence-electron chi connectivity index (χ2n) is 7.93. The number of piperazine rings is 1. The number of guanidine groups is 1. The maximum Gasteiger partial charge on any atom is 0.191 e. The van der Waals surface area contributed by atoms with Gasteiger partial charge in [-0.2, -0.15) is 0 Å². The van der Waals surface area contributed by atoms with Gasteiger partial charge in [0.15, 0.2) is 5.96 Å². The number of likely N-dealkylation sites (N-methyl/N-ethyl adjacent to an activating group) is 1. The second-order valence-corrected chi connectivity index (χ2v) is 7.93. The number of methoxy groups -OCH3 is 1. The molecule has 31 heavy (non-hydrogen) atoms. The first kappa shape index (κ1) is 27.9. The molecule has 0 aliphatic carbocycles. The summed E-state index contributed by atoms with van der Waals surface area (Å²) in [5, 5.41) is 6.81. The molecule has 0 radical (unpaired) electrons. The van der Waals surface area contributed by atoms with Gasteiger partial charge in [-0.15, -0.1) is 24.0 Å². The second kappa shape index (κ2) is 16.5. The van der Waals surface area contributed by atoms with Gasteiger partial charge >= 0.3 is 0 Å². The maximum absolute atomic E-state index is 5.89. The highest BCUT2D eigenvalue weighted by Gasteiger charge is 2.12. The Morgan fingerprint density at radius 2 is 1.87 bits per heavy atom. The number of nitrogens with one attached hydrogen (secondary N) is 2. The highest BCUT2D eigenvalue weighted by Crippen LogP contribution is 2.21. The number of rotatable bonds is 12. The molecule has 0 atom stereocenters. The Labute approximate surface area is 206 Å². The van der Waals surface area contributed by atoms with Crippen LogP contribution in [0.4, 0.5) is 0 Å². The molecule has 1 aliphatic rings. The van der Waals surface area contributed by atoms with Crippen LogP contribution in [0.15, 0.2) is 23.2 Å². The molecule has 178 valence electrons. The van der Waals surface area contributed by atoms with E-state index in [1.165, 1.54) is 44.7 Å². The molecular formula is C23H42IN5O2. The minimum absolute atomic E-state index is 0. The van der Waals surface area contributed by atoms with E-state index in [1.54, 1.807) is 7.11 Å². The molecular weight excluding hydrogens is 505 g/mol. The molecule has 0 unspecified atom stereocenters. The van der Waals surface area contributed by atoms with Gasteiger partial charge in [0.1, 0.15) is 12.4 Å². The quantitative estimate of drug-likeness (QED) is 0.182. The van der Waals surface area contributed by atoms with Crippen molar-refractivity contribution in [1.29, 1.82) is 0 Å². The Hall–Kier alpha value is -1.10. The minimum Gasteiger partial charge on any atom is -0.491 e. The van der Waals surface area contributed by atoms with Crippen molar-refractivity contribution < 1.29 is 9.47 Å². The molecule has 1 fully saturated rings. The van der Waals surface area contributed by atoms with Crippen LogP contribution in [0, 0.1) is 6.92 Å². The fourth-order valence-electron chi connectivity index (χ4n) is 3.41. The van der Waals surface area contributed by atoms with Crippen LogP contribution in [0.1, 0.15) is 30.9 Å². The summed E-state index contributed by atoms with van der Waals surface area (Å²) in [6.45, 7) is 13.6. The maximum atomic E-state index is 5.89. The first-order chi connectivity index (χ1) is 14.6. The van der Waals surface area contributed by atoms with Crippen LogP contribution in [0.2, 0.25) is 0 Å². The van der Waals surface area contributed by atoms with Gasteiger partial charge in [-0.1, -0.05) is 12.1 Å². The van der Waals surface area contributed by atoms with Crippen molar-refractivity contribution in [2.45, 2.75) is 33.2 Å². The molecule has 1 heterocycles. The summed E-state index contributed by atoms with van der Waals surface area (Å²) in [5.74, 6) is 1.75. The number of ether oxygens (including phenoxy) is 2. The van der Waals surface area contributed by atoms with Crippen LogP contribution in [0.5, 0.6) is 5.75 Å². The van der Waals surface area contributed by atoms with E-state index in [1.807, 2.05) is 0 Å². The number of aryl methyl sites for hydroxylation is 1. The number of benzene rings is 1. The van der Waals surface area contributed by atoms with Crippen LogP contribution >= 0.6 is 24.0 Å². The number of halogens is 1. The van der Waals surface area contributed by atoms with E-state index in [0.717, 1.165) is 36.8 Å². The zero-order chi connectivity index (χ0) is 21.6. The molecule has 1 aromatic rings. The molecule has 0 spiro atoms. The summed E-state index contributed by atoms with van der Waals surface area (Å²) in [5.41, 5.74) is 2.27. The van der Waals surface area contributed by atoms with Crippen molar-refractivity contribution in [2.75, 3.05) is 73.2 Å². The van der Waals surface area contributed by atoms with Gasteiger partial charge < -0.3 is 29.9 Å². The lowest BCUT2D eigenvalue weighted by Crippen LogP contribution is -2.44. The number of unbranched alkanes of at least 4 members (excludes halogenated alkanes) is 1. The van der Waals surface area contributed by atoms with Gasteiger partial charge in [-0.05, 0) is 51.9 Å². The summed E-state index contributed by atoms with van der Waals surface area (Å²) in [6.07, 6.45) is 2.36.